The van der Waals surface area contributed by atoms with Gasteiger partial charge in [0.2, 0.25) is 5.91 Å². The molecule has 1 aromatic carbocycles. The van der Waals surface area contributed by atoms with Gasteiger partial charge in [-0.1, -0.05) is 13.0 Å². The van der Waals surface area contributed by atoms with Crippen molar-refractivity contribution in [1.29, 1.82) is 0 Å². The van der Waals surface area contributed by atoms with Gasteiger partial charge in [-0.15, -0.1) is 11.3 Å². The highest BCUT2D eigenvalue weighted by atomic mass is 32.1. The highest BCUT2D eigenvalue weighted by molar-refractivity contribution is 7.15. The molecule has 0 radical (unpaired) electrons. The maximum atomic E-state index is 13.2. The van der Waals surface area contributed by atoms with Gasteiger partial charge >= 0.3 is 0 Å². The lowest BCUT2D eigenvalue weighted by Gasteiger charge is -2.50. The molecule has 1 aromatic heterocycles. The van der Waals surface area contributed by atoms with E-state index < -0.39 is 0 Å². The van der Waals surface area contributed by atoms with E-state index >= 15 is 0 Å². The fraction of sp³-hybridized carbons (Fsp3) is 0.577. The van der Waals surface area contributed by atoms with Crippen LogP contribution in [0.5, 0.6) is 5.75 Å². The number of nitrogens with zero attached hydrogens (tertiary/aromatic N) is 1. The highest BCUT2D eigenvalue weighted by Gasteiger charge is 2.58. The van der Waals surface area contributed by atoms with Crippen LogP contribution in [0.25, 0.3) is 0 Å². The standard InChI is InChI=1S/C26H32N2O3S/c1-15-14-27-25(32-15)28-23(30)9-5-17-13-22(29)26(2)11-10-20-19-8-6-18(31-3)12-16(19)4-7-21(20)24(17)26/h6,8,12,14,17,20-21,24H,4-5,7,9-11,13H2,1-3H3,(H,27,28,30)/t17-,20?,21?,24?,26-/m1/s1. The number of carbonyl (C=O) groups excluding carboxylic acids is 2. The summed E-state index contributed by atoms with van der Waals surface area (Å²) < 4.78 is 5.44. The number of thiazole rings is 1. The first kappa shape index (κ1) is 21.6. The molecule has 5 nitrogen and oxygen atoms in total. The zero-order chi connectivity index (χ0) is 22.5. The third-order valence-electron chi connectivity index (χ3n) is 8.39. The summed E-state index contributed by atoms with van der Waals surface area (Å²) >= 11 is 1.50. The lowest BCUT2D eigenvalue weighted by atomic mass is 9.54. The normalized spacial score (nSPS) is 30.9. The van der Waals surface area contributed by atoms with E-state index in [0.717, 1.165) is 42.7 Å². The van der Waals surface area contributed by atoms with Crippen LogP contribution in [0.1, 0.15) is 67.4 Å². The van der Waals surface area contributed by atoms with Gasteiger partial charge in [0, 0.05) is 29.3 Å². The van der Waals surface area contributed by atoms with Crippen molar-refractivity contribution in [3.8, 4) is 5.75 Å². The zero-order valence-corrected chi connectivity index (χ0v) is 20.0. The molecule has 1 amide bonds. The number of hydrogen-bond acceptors (Lipinski definition) is 5. The molecule has 3 aliphatic carbocycles. The molecule has 2 fully saturated rings. The molecular formula is C26H32N2O3S. The van der Waals surface area contributed by atoms with E-state index in [1.807, 2.05) is 6.92 Å². The number of Topliss-reactive ketones (excluding diaryl/α,β-unsaturated/α-hetero) is 1. The van der Waals surface area contributed by atoms with E-state index in [2.05, 4.69) is 35.4 Å². The van der Waals surface area contributed by atoms with Crippen LogP contribution in [-0.2, 0) is 16.0 Å². The Morgan fingerprint density at radius 2 is 2.19 bits per heavy atom. The second-order valence-corrected chi connectivity index (χ2v) is 11.3. The summed E-state index contributed by atoms with van der Waals surface area (Å²) in [4.78, 5) is 31.0. The Morgan fingerprint density at radius 3 is 2.94 bits per heavy atom. The number of amides is 1. The lowest BCUT2D eigenvalue weighted by molar-refractivity contribution is -0.129. The van der Waals surface area contributed by atoms with Gasteiger partial charge in [0.25, 0.3) is 0 Å². The van der Waals surface area contributed by atoms with Crippen LogP contribution in [0.15, 0.2) is 24.4 Å². The number of aromatic nitrogens is 1. The fourth-order valence-electron chi connectivity index (χ4n) is 6.92. The first-order chi connectivity index (χ1) is 15.4. The number of nitrogens with one attached hydrogen (secondary N) is 1. The average molecular weight is 453 g/mol. The van der Waals surface area contributed by atoms with Gasteiger partial charge in [0.15, 0.2) is 5.13 Å². The van der Waals surface area contributed by atoms with E-state index in [4.69, 9.17) is 4.74 Å². The monoisotopic (exact) mass is 452 g/mol. The van der Waals surface area contributed by atoms with Crippen molar-refractivity contribution in [2.24, 2.45) is 23.2 Å². The van der Waals surface area contributed by atoms with Gasteiger partial charge in [0.1, 0.15) is 11.5 Å². The van der Waals surface area contributed by atoms with Crippen LogP contribution in [0.2, 0.25) is 0 Å². The quantitative estimate of drug-likeness (QED) is 0.648. The molecule has 5 atom stereocenters. The van der Waals surface area contributed by atoms with Gasteiger partial charge in [-0.3, -0.25) is 9.59 Å². The summed E-state index contributed by atoms with van der Waals surface area (Å²) in [5, 5.41) is 3.60. The zero-order valence-electron chi connectivity index (χ0n) is 19.1. The highest BCUT2D eigenvalue weighted by Crippen LogP contribution is 2.62. The largest absolute Gasteiger partial charge is 0.497 e. The molecule has 6 heteroatoms. The van der Waals surface area contributed by atoms with Crippen molar-refractivity contribution in [1.82, 2.24) is 4.98 Å². The molecule has 0 saturated heterocycles. The Morgan fingerprint density at radius 1 is 1.34 bits per heavy atom. The smallest absolute Gasteiger partial charge is 0.226 e. The van der Waals surface area contributed by atoms with Crippen molar-refractivity contribution in [2.75, 3.05) is 12.4 Å². The molecule has 32 heavy (non-hydrogen) atoms. The van der Waals surface area contributed by atoms with E-state index in [-0.39, 0.29) is 11.3 Å². The third kappa shape index (κ3) is 3.66. The van der Waals surface area contributed by atoms with Crippen LogP contribution in [0.4, 0.5) is 5.13 Å². The summed E-state index contributed by atoms with van der Waals surface area (Å²) in [6, 6.07) is 6.53. The molecule has 1 N–H and O–H groups in total. The van der Waals surface area contributed by atoms with Crippen molar-refractivity contribution in [3.05, 3.63) is 40.4 Å². The number of benzene rings is 1. The van der Waals surface area contributed by atoms with E-state index in [0.29, 0.717) is 47.4 Å². The molecule has 2 saturated carbocycles. The third-order valence-corrected chi connectivity index (χ3v) is 9.22. The van der Waals surface area contributed by atoms with Gasteiger partial charge in [-0.25, -0.2) is 4.98 Å². The molecule has 3 unspecified atom stereocenters. The Hall–Kier alpha value is -2.21. The van der Waals surface area contributed by atoms with E-state index in [1.54, 1.807) is 13.3 Å². The molecule has 3 aliphatic rings. The molecule has 5 rings (SSSR count). The SMILES string of the molecule is COc1ccc2c(c1)CCC1C2CC[C@]2(C)C(=O)C[C@@H](CCC(=O)Nc3ncc(C)s3)C12. The number of aryl methyl sites for hydroxylation is 2. The summed E-state index contributed by atoms with van der Waals surface area (Å²) in [7, 11) is 1.72. The van der Waals surface area contributed by atoms with E-state index in [9.17, 15) is 9.59 Å². The predicted molar refractivity (Wildman–Crippen MR) is 126 cm³/mol. The molecule has 0 aliphatic heterocycles. The lowest BCUT2D eigenvalue weighted by Crippen LogP contribution is -2.44. The van der Waals surface area contributed by atoms with Crippen molar-refractivity contribution in [3.63, 3.8) is 0 Å². The Labute approximate surface area is 194 Å². The number of hydrogen-bond donors (Lipinski definition) is 1. The number of methoxy groups -OCH3 is 1. The number of carbonyl (C=O) groups is 2. The number of rotatable bonds is 5. The summed E-state index contributed by atoms with van der Waals surface area (Å²) in [5.41, 5.74) is 2.64. The first-order valence-corrected chi connectivity index (χ1v) is 12.6. The van der Waals surface area contributed by atoms with Gasteiger partial charge in [-0.05, 0) is 86.0 Å². The second-order valence-electron chi connectivity index (χ2n) is 10.1. The number of anilines is 1. The van der Waals surface area contributed by atoms with E-state index in [1.165, 1.54) is 22.5 Å². The van der Waals surface area contributed by atoms with Crippen molar-refractivity contribution < 1.29 is 14.3 Å². The van der Waals surface area contributed by atoms with Crippen LogP contribution >= 0.6 is 11.3 Å². The van der Waals surface area contributed by atoms with Crippen molar-refractivity contribution in [2.45, 2.75) is 64.7 Å². The number of ketones is 1. The molecule has 0 bridgehead atoms. The Bertz CT molecular complexity index is 1050. The predicted octanol–water partition coefficient (Wildman–Crippen LogP) is 5.53. The summed E-state index contributed by atoms with van der Waals surface area (Å²) in [5.74, 6) is 3.07. The molecule has 2 aromatic rings. The topological polar surface area (TPSA) is 68.3 Å². The second kappa shape index (κ2) is 8.29. The summed E-state index contributed by atoms with van der Waals surface area (Å²) in [6.45, 7) is 4.19. The minimum absolute atomic E-state index is 0.00819. The average Bonchev–Trinajstić information content (AvgIpc) is 3.31. The fourth-order valence-corrected chi connectivity index (χ4v) is 7.60. The van der Waals surface area contributed by atoms with Gasteiger partial charge in [-0.2, -0.15) is 0 Å². The molecule has 170 valence electrons. The summed E-state index contributed by atoms with van der Waals surface area (Å²) in [6.07, 6.45) is 7.85. The van der Waals surface area contributed by atoms with Crippen molar-refractivity contribution >= 4 is 28.2 Å². The first-order valence-electron chi connectivity index (χ1n) is 11.8. The Kier molecular flexibility index (Phi) is 5.60. The van der Waals surface area contributed by atoms with Crippen LogP contribution in [0, 0.1) is 30.1 Å². The maximum absolute atomic E-state index is 13.2. The number of ether oxygens (including phenoxy) is 1. The molecule has 0 spiro atoms. The Balaban J connectivity index is 1.33. The minimum atomic E-state index is -0.224. The number of fused-ring (bicyclic) bond motifs is 5. The van der Waals surface area contributed by atoms with Crippen LogP contribution in [0.3, 0.4) is 0 Å². The van der Waals surface area contributed by atoms with Gasteiger partial charge in [0.05, 0.1) is 7.11 Å². The molecular weight excluding hydrogens is 420 g/mol. The van der Waals surface area contributed by atoms with Crippen LogP contribution < -0.4 is 10.1 Å². The van der Waals surface area contributed by atoms with Crippen LogP contribution in [-0.4, -0.2) is 23.8 Å². The molecule has 1 heterocycles. The minimum Gasteiger partial charge on any atom is -0.497 e. The maximum Gasteiger partial charge on any atom is 0.226 e. The van der Waals surface area contributed by atoms with Gasteiger partial charge < -0.3 is 10.1 Å².